The van der Waals surface area contributed by atoms with E-state index in [0.717, 1.165) is 0 Å². The maximum absolute atomic E-state index is 8.50. The number of hydrogen-bond donors (Lipinski definition) is 0. The van der Waals surface area contributed by atoms with E-state index < -0.39 is 19.1 Å². The summed E-state index contributed by atoms with van der Waals surface area (Å²) < 4.78 is 33.4. The Labute approximate surface area is 67.0 Å². The van der Waals surface area contributed by atoms with Crippen LogP contribution in [0.2, 0.25) is 0 Å². The zero-order valence-electron chi connectivity index (χ0n) is 3.19. The second-order valence-electron chi connectivity index (χ2n) is 0.0833. The topological polar surface area (TPSA) is 68.3 Å². The normalized spacial score (nSPS) is 2.71. The molecule has 0 aliphatic heterocycles. The molecule has 0 atom stereocenters. The molecule has 0 heterocycles. The predicted molar refractivity (Wildman–Crippen MR) is 2.75 cm³/mol. The molecule has 7 heteroatoms. The van der Waals surface area contributed by atoms with Crippen LogP contribution in [0.25, 0.3) is 0 Å². The fraction of sp³-hybridized carbons (Fsp3) is 0. The van der Waals surface area contributed by atoms with Crippen molar-refractivity contribution in [1.29, 1.82) is 0 Å². The molecule has 0 N–H and O–H groups in total. The van der Waals surface area contributed by atoms with Crippen LogP contribution >= 0.6 is 0 Å². The van der Waals surface area contributed by atoms with Gasteiger partial charge >= 0.3 is 67.3 Å². The van der Waals surface area contributed by atoms with E-state index in [9.17, 15) is 0 Å². The Morgan fingerprint density at radius 2 is 1.14 bits per heavy atom. The Hall–Kier alpha value is 1.06. The molecule has 0 aliphatic rings. The summed E-state index contributed by atoms with van der Waals surface area (Å²) in [5.41, 5.74) is 0. The van der Waals surface area contributed by atoms with Crippen molar-refractivity contribution in [3.8, 4) is 0 Å². The Kier molecular flexibility index (Phi) is 137. The molecule has 0 aromatic rings. The second kappa shape index (κ2) is 61.2. The summed E-state index contributed by atoms with van der Waals surface area (Å²) in [5, 5.41) is 0. The molecule has 0 radical (unpaired) electrons. The summed E-state index contributed by atoms with van der Waals surface area (Å²) in [6.45, 7) is 0. The quantitative estimate of drug-likeness (QED) is 0.530. The van der Waals surface area contributed by atoms with E-state index in [-0.39, 0.29) is 18.3 Å². The van der Waals surface area contributed by atoms with Gasteiger partial charge in [0.25, 0.3) is 0 Å². The van der Waals surface area contributed by atoms with Gasteiger partial charge in [0.2, 0.25) is 0 Å². The van der Waals surface area contributed by atoms with Gasteiger partial charge in [0.15, 0.2) is 0 Å². The summed E-state index contributed by atoms with van der Waals surface area (Å²) in [6, 6.07) is 0. The van der Waals surface area contributed by atoms with Gasteiger partial charge in [-0.3, -0.25) is 0 Å². The van der Waals surface area contributed by atoms with Crippen molar-refractivity contribution in [2.75, 3.05) is 0 Å². The van der Waals surface area contributed by atoms with Crippen molar-refractivity contribution in [3.63, 3.8) is 0 Å². The molecular formula is FeO4TiZn. The molecule has 0 aliphatic carbocycles. The van der Waals surface area contributed by atoms with Crippen LogP contribution in [-0.4, -0.2) is 0 Å². The predicted octanol–water partition coefficient (Wildman–Crippen LogP) is -0.483. The fourth-order valence-corrected chi connectivity index (χ4v) is 0. The van der Waals surface area contributed by atoms with Crippen molar-refractivity contribution in [1.82, 2.24) is 0 Å². The Morgan fingerprint density at radius 1 is 1.14 bits per heavy atom. The van der Waals surface area contributed by atoms with Crippen molar-refractivity contribution < 1.29 is 67.3 Å². The zero-order valence-corrected chi connectivity index (χ0v) is 8.83. The molecule has 4 nitrogen and oxygen atoms in total. The molecule has 38 valence electrons. The molecule has 0 unspecified atom stereocenters. The average molecular weight is 233 g/mol. The van der Waals surface area contributed by atoms with Gasteiger partial charge < -0.3 is 0 Å². The minimum absolute atomic E-state index is 0.125. The standard InChI is InChI=1S/Fe.4O.Ti.Zn. The molecule has 0 saturated heterocycles. The second-order valence-corrected chi connectivity index (χ2v) is 0.344. The summed E-state index contributed by atoms with van der Waals surface area (Å²) in [4.78, 5) is 0. The summed E-state index contributed by atoms with van der Waals surface area (Å²) in [7, 11) is 0. The van der Waals surface area contributed by atoms with Crippen LogP contribution in [0.1, 0.15) is 0 Å². The first-order valence-electron chi connectivity index (χ1n) is 0.841. The monoisotopic (exact) mass is 232 g/mol. The van der Waals surface area contributed by atoms with Gasteiger partial charge in [0, 0.05) is 0 Å². The van der Waals surface area contributed by atoms with Gasteiger partial charge in [0.1, 0.15) is 0 Å². The van der Waals surface area contributed by atoms with Gasteiger partial charge in [-0.15, -0.1) is 0 Å². The number of hydrogen-bond acceptors (Lipinski definition) is 4. The molecule has 0 aromatic carbocycles. The first-order chi connectivity index (χ1) is 3.41. The fourth-order valence-electron chi connectivity index (χ4n) is 0. The van der Waals surface area contributed by atoms with E-state index in [1.54, 1.807) is 0 Å². The third kappa shape index (κ3) is 161. The molecule has 0 bridgehead atoms. The molecule has 0 fully saturated rings. The average Bonchev–Trinajstić information content (AvgIpc) is 1.78. The van der Waals surface area contributed by atoms with Crippen LogP contribution in [0.3, 0.4) is 0 Å². The SMILES string of the molecule is [O]=[Fe].[O]=[Ti]=[O].[O]=[Zn]. The van der Waals surface area contributed by atoms with E-state index >= 15 is 0 Å². The van der Waals surface area contributed by atoms with Gasteiger partial charge in [-0.25, -0.2) is 0 Å². The van der Waals surface area contributed by atoms with E-state index in [2.05, 4.69) is 0 Å². The van der Waals surface area contributed by atoms with E-state index in [1.165, 1.54) is 0 Å². The molecule has 0 aromatic heterocycles. The third-order valence-electron chi connectivity index (χ3n) is 0. The van der Waals surface area contributed by atoms with Gasteiger partial charge in [-0.05, 0) is 0 Å². The third-order valence-corrected chi connectivity index (χ3v) is 0. The molecule has 0 rings (SSSR count). The maximum atomic E-state index is 8.50. The Bertz CT molecular complexity index is 47.7. The Balaban J connectivity index is -0.0000000360. The van der Waals surface area contributed by atoms with Gasteiger partial charge in [-0.1, -0.05) is 0 Å². The van der Waals surface area contributed by atoms with E-state index in [0.29, 0.717) is 0 Å². The van der Waals surface area contributed by atoms with Crippen LogP contribution in [0.15, 0.2) is 0 Å². The van der Waals surface area contributed by atoms with Gasteiger partial charge in [-0.2, -0.15) is 0 Å². The molecule has 0 spiro atoms. The van der Waals surface area contributed by atoms with Crippen LogP contribution in [0, 0.1) is 0 Å². The molecule has 0 saturated carbocycles. The van der Waals surface area contributed by atoms with E-state index in [4.69, 9.17) is 14.1 Å². The zero-order chi connectivity index (χ0) is 6.71. The summed E-state index contributed by atoms with van der Waals surface area (Å²) >= 11 is 0.125. The first kappa shape index (κ1) is 15.7. The Morgan fingerprint density at radius 3 is 1.14 bits per heavy atom. The molecule has 7 heavy (non-hydrogen) atoms. The van der Waals surface area contributed by atoms with Crippen molar-refractivity contribution >= 4 is 0 Å². The number of rotatable bonds is 0. The van der Waals surface area contributed by atoms with Crippen molar-refractivity contribution in [3.05, 3.63) is 0 Å². The minimum atomic E-state index is -2.00. The van der Waals surface area contributed by atoms with Crippen molar-refractivity contribution in [2.45, 2.75) is 0 Å². The first-order valence-corrected chi connectivity index (χ1v) is 3.78. The van der Waals surface area contributed by atoms with Crippen LogP contribution < -0.4 is 0 Å². The van der Waals surface area contributed by atoms with Crippen LogP contribution in [0.4, 0.5) is 0 Å². The van der Waals surface area contributed by atoms with Crippen LogP contribution in [-0.2, 0) is 67.3 Å². The molecule has 0 amide bonds. The molecular weight excluding hydrogens is 233 g/mol. The summed E-state index contributed by atoms with van der Waals surface area (Å²) in [6.07, 6.45) is 0. The van der Waals surface area contributed by atoms with E-state index in [1.807, 2.05) is 15.9 Å². The summed E-state index contributed by atoms with van der Waals surface area (Å²) in [5.74, 6) is 0. The van der Waals surface area contributed by atoms with Crippen LogP contribution in [0.5, 0.6) is 0 Å². The van der Waals surface area contributed by atoms with Crippen molar-refractivity contribution in [2.24, 2.45) is 0 Å². The van der Waals surface area contributed by atoms with Gasteiger partial charge in [0.05, 0.1) is 0 Å².